The van der Waals surface area contributed by atoms with Gasteiger partial charge in [-0.25, -0.2) is 0 Å². The Balaban J connectivity index is 0.00000261. The maximum atomic E-state index is 5.97. The summed E-state index contributed by atoms with van der Waals surface area (Å²) in [5.74, 6) is 1.50. The summed E-state index contributed by atoms with van der Waals surface area (Å²) in [6.45, 7) is 4.09. The highest BCUT2D eigenvalue weighted by atomic mass is 35.5. The lowest BCUT2D eigenvalue weighted by molar-refractivity contribution is -0.00000601. The molecule has 3 rings (SSSR count). The number of aromatic nitrogens is 1. The average molecular weight is 384 g/mol. The van der Waals surface area contributed by atoms with Gasteiger partial charge in [0.1, 0.15) is 6.61 Å². The first-order valence-corrected chi connectivity index (χ1v) is 8.71. The van der Waals surface area contributed by atoms with Crippen molar-refractivity contribution in [1.82, 2.24) is 10.3 Å². The van der Waals surface area contributed by atoms with Crippen LogP contribution in [0.1, 0.15) is 22.4 Å². The molecule has 2 aromatic carbocycles. The van der Waals surface area contributed by atoms with Crippen molar-refractivity contribution in [3.8, 4) is 11.5 Å². The van der Waals surface area contributed by atoms with Crippen molar-refractivity contribution in [1.29, 1.82) is 0 Å². The molecular formula is C22H24ClN2O2-. The quantitative estimate of drug-likeness (QED) is 0.636. The van der Waals surface area contributed by atoms with Crippen LogP contribution in [0, 0.1) is 6.92 Å². The second-order valence-corrected chi connectivity index (χ2v) is 6.12. The van der Waals surface area contributed by atoms with Gasteiger partial charge in [0.15, 0.2) is 11.5 Å². The molecule has 0 atom stereocenters. The Morgan fingerprint density at radius 1 is 0.926 bits per heavy atom. The van der Waals surface area contributed by atoms with Crippen LogP contribution in [0.4, 0.5) is 0 Å². The molecule has 0 unspecified atom stereocenters. The highest BCUT2D eigenvalue weighted by Gasteiger charge is 2.07. The van der Waals surface area contributed by atoms with E-state index in [9.17, 15) is 0 Å². The molecule has 0 spiro atoms. The molecule has 0 aliphatic carbocycles. The standard InChI is InChI=1S/C22H24N2O2.ClH/c1-17-7-3-4-8-19(17)16-26-21-11-10-18(13-22(21)25-2)14-23-15-20-9-5-6-12-24-20;/h3-13,23H,14-16H2,1-2H3;1H/p-1. The fourth-order valence-corrected chi connectivity index (χ4v) is 2.71. The van der Waals surface area contributed by atoms with Crippen LogP contribution < -0.4 is 27.2 Å². The molecule has 0 radical (unpaired) electrons. The van der Waals surface area contributed by atoms with E-state index in [2.05, 4.69) is 35.4 Å². The fraction of sp³-hybridized carbons (Fsp3) is 0.227. The molecule has 0 aliphatic heterocycles. The number of hydrogen-bond acceptors (Lipinski definition) is 4. The van der Waals surface area contributed by atoms with E-state index in [4.69, 9.17) is 9.47 Å². The maximum Gasteiger partial charge on any atom is 0.161 e. The topological polar surface area (TPSA) is 43.4 Å². The van der Waals surface area contributed by atoms with Crippen LogP contribution in [-0.4, -0.2) is 12.1 Å². The van der Waals surface area contributed by atoms with Gasteiger partial charge in [0.05, 0.1) is 12.8 Å². The minimum atomic E-state index is 0. The third kappa shape index (κ3) is 5.98. The van der Waals surface area contributed by atoms with E-state index in [1.54, 1.807) is 13.3 Å². The lowest BCUT2D eigenvalue weighted by Gasteiger charge is -2.13. The summed E-state index contributed by atoms with van der Waals surface area (Å²) in [4.78, 5) is 4.31. The van der Waals surface area contributed by atoms with Gasteiger partial charge in [-0.3, -0.25) is 4.98 Å². The van der Waals surface area contributed by atoms with E-state index in [0.29, 0.717) is 6.61 Å². The number of hydrogen-bond donors (Lipinski definition) is 1. The molecular weight excluding hydrogens is 360 g/mol. The SMILES string of the molecule is COc1cc(CNCc2ccccn2)ccc1OCc1ccccc1C.[Cl-]. The first-order valence-electron chi connectivity index (χ1n) is 8.71. The smallest absolute Gasteiger partial charge is 0.161 e. The monoisotopic (exact) mass is 383 g/mol. The van der Waals surface area contributed by atoms with Crippen LogP contribution in [0.3, 0.4) is 0 Å². The molecule has 142 valence electrons. The largest absolute Gasteiger partial charge is 1.00 e. The third-order valence-electron chi connectivity index (χ3n) is 4.23. The summed E-state index contributed by atoms with van der Waals surface area (Å²) in [6.07, 6.45) is 1.81. The Hall–Kier alpha value is -2.56. The van der Waals surface area contributed by atoms with E-state index >= 15 is 0 Å². The molecule has 27 heavy (non-hydrogen) atoms. The van der Waals surface area contributed by atoms with Gasteiger partial charge in [-0.2, -0.15) is 0 Å². The Morgan fingerprint density at radius 3 is 2.48 bits per heavy atom. The Labute approximate surface area is 167 Å². The summed E-state index contributed by atoms with van der Waals surface area (Å²) in [6, 6.07) is 20.2. The molecule has 0 amide bonds. The van der Waals surface area contributed by atoms with Crippen LogP contribution in [0.2, 0.25) is 0 Å². The van der Waals surface area contributed by atoms with Gasteiger partial charge in [-0.05, 0) is 47.9 Å². The third-order valence-corrected chi connectivity index (χ3v) is 4.23. The molecule has 1 N–H and O–H groups in total. The molecule has 4 nitrogen and oxygen atoms in total. The van der Waals surface area contributed by atoms with Crippen LogP contribution >= 0.6 is 0 Å². The highest BCUT2D eigenvalue weighted by molar-refractivity contribution is 5.43. The molecule has 1 aromatic heterocycles. The summed E-state index contributed by atoms with van der Waals surface area (Å²) in [7, 11) is 1.67. The van der Waals surface area contributed by atoms with E-state index < -0.39 is 0 Å². The first kappa shape index (κ1) is 20.7. The van der Waals surface area contributed by atoms with Crippen molar-refractivity contribution in [2.24, 2.45) is 0 Å². The van der Waals surface area contributed by atoms with Gasteiger partial charge in [0.2, 0.25) is 0 Å². The number of rotatable bonds is 8. The lowest BCUT2D eigenvalue weighted by atomic mass is 10.1. The number of pyridine rings is 1. The average Bonchev–Trinajstić information content (AvgIpc) is 2.68. The minimum Gasteiger partial charge on any atom is -1.00 e. The van der Waals surface area contributed by atoms with E-state index in [-0.39, 0.29) is 12.4 Å². The molecule has 0 aliphatic rings. The molecule has 0 saturated heterocycles. The number of aryl methyl sites for hydroxylation is 1. The zero-order valence-electron chi connectivity index (χ0n) is 15.6. The molecule has 5 heteroatoms. The fourth-order valence-electron chi connectivity index (χ4n) is 2.71. The second kappa shape index (κ2) is 10.6. The van der Waals surface area contributed by atoms with Gasteiger partial charge in [-0.1, -0.05) is 36.4 Å². The van der Waals surface area contributed by atoms with E-state index in [0.717, 1.165) is 35.8 Å². The highest BCUT2D eigenvalue weighted by Crippen LogP contribution is 2.29. The van der Waals surface area contributed by atoms with Gasteiger partial charge < -0.3 is 27.2 Å². The summed E-state index contributed by atoms with van der Waals surface area (Å²) in [5, 5.41) is 3.40. The Kier molecular flexibility index (Phi) is 8.11. The van der Waals surface area contributed by atoms with Gasteiger partial charge in [0, 0.05) is 19.3 Å². The van der Waals surface area contributed by atoms with Crippen LogP contribution in [0.5, 0.6) is 11.5 Å². The van der Waals surface area contributed by atoms with Gasteiger partial charge >= 0.3 is 0 Å². The van der Waals surface area contributed by atoms with Crippen LogP contribution in [-0.2, 0) is 19.7 Å². The predicted molar refractivity (Wildman–Crippen MR) is 103 cm³/mol. The Morgan fingerprint density at radius 2 is 1.74 bits per heavy atom. The molecule has 0 saturated carbocycles. The normalized spacial score (nSPS) is 10.1. The number of methoxy groups -OCH3 is 1. The molecule has 3 aromatic rings. The van der Waals surface area contributed by atoms with Crippen LogP contribution in [0.25, 0.3) is 0 Å². The summed E-state index contributed by atoms with van der Waals surface area (Å²) >= 11 is 0. The predicted octanol–water partition coefficient (Wildman–Crippen LogP) is 1.27. The maximum absolute atomic E-state index is 5.97. The minimum absolute atomic E-state index is 0. The zero-order chi connectivity index (χ0) is 18.2. The summed E-state index contributed by atoms with van der Waals surface area (Å²) < 4.78 is 11.5. The van der Waals surface area contributed by atoms with Crippen molar-refractivity contribution in [2.45, 2.75) is 26.6 Å². The summed E-state index contributed by atoms with van der Waals surface area (Å²) in [5.41, 5.74) is 4.57. The molecule has 0 fully saturated rings. The van der Waals surface area contributed by atoms with Crippen molar-refractivity contribution in [3.63, 3.8) is 0 Å². The van der Waals surface area contributed by atoms with E-state index in [1.807, 2.05) is 42.5 Å². The number of benzene rings is 2. The lowest BCUT2D eigenvalue weighted by Crippen LogP contribution is -3.00. The second-order valence-electron chi connectivity index (χ2n) is 6.12. The number of halogens is 1. The van der Waals surface area contributed by atoms with Crippen molar-refractivity contribution < 1.29 is 21.9 Å². The zero-order valence-corrected chi connectivity index (χ0v) is 16.4. The number of nitrogens with one attached hydrogen (secondary N) is 1. The Bertz CT molecular complexity index is 841. The van der Waals surface area contributed by atoms with Crippen molar-refractivity contribution in [3.05, 3.63) is 89.2 Å². The van der Waals surface area contributed by atoms with Crippen molar-refractivity contribution >= 4 is 0 Å². The number of nitrogens with zero attached hydrogens (tertiary/aromatic N) is 1. The van der Waals surface area contributed by atoms with Gasteiger partial charge in [0.25, 0.3) is 0 Å². The van der Waals surface area contributed by atoms with Gasteiger partial charge in [-0.15, -0.1) is 0 Å². The van der Waals surface area contributed by atoms with E-state index in [1.165, 1.54) is 11.1 Å². The van der Waals surface area contributed by atoms with Crippen LogP contribution in [0.15, 0.2) is 66.9 Å². The number of ether oxygens (including phenoxy) is 2. The molecule has 1 heterocycles. The molecule has 0 bridgehead atoms. The first-order chi connectivity index (χ1) is 12.8. The van der Waals surface area contributed by atoms with Crippen molar-refractivity contribution in [2.75, 3.05) is 7.11 Å².